The van der Waals surface area contributed by atoms with Gasteiger partial charge in [-0.15, -0.1) is 12.8 Å². The summed E-state index contributed by atoms with van der Waals surface area (Å²) in [5.41, 5.74) is 7.91. The van der Waals surface area contributed by atoms with E-state index in [1.807, 2.05) is 0 Å². The molecule has 0 saturated carbocycles. The van der Waals surface area contributed by atoms with Crippen LogP contribution in [0.2, 0.25) is 11.5 Å². The summed E-state index contributed by atoms with van der Waals surface area (Å²) in [7, 11) is -0.243. The van der Waals surface area contributed by atoms with E-state index in [9.17, 15) is 0 Å². The Morgan fingerprint density at radius 1 is 0.579 bits per heavy atom. The fourth-order valence-corrected chi connectivity index (χ4v) is 4.65. The maximum absolute atomic E-state index is 3.36. The van der Waals surface area contributed by atoms with E-state index in [1.165, 1.54) is 55.0 Å². The van der Waals surface area contributed by atoms with E-state index in [2.05, 4.69) is 135 Å². The van der Waals surface area contributed by atoms with E-state index in [-0.39, 0.29) is 34.8 Å². The number of benzene rings is 4. The number of fused-ring (bicyclic) bond motifs is 2. The SMILES string of the molecule is CC1=[C-]CC=C1c1cccc2ccccc12.CC1=[C-]CC=C1c1cccc2ccccc12.[CH3][Ge]([CH3])=[Zr+2].[Cl-].[Cl-]. The fourth-order valence-electron chi connectivity index (χ4n) is 4.65. The van der Waals surface area contributed by atoms with Gasteiger partial charge in [-0.05, 0) is 21.5 Å². The minimum atomic E-state index is -0.243. The van der Waals surface area contributed by atoms with Crippen LogP contribution < -0.4 is 24.8 Å². The first-order valence-electron chi connectivity index (χ1n) is 12.5. The largest absolute Gasteiger partial charge is 1.00 e. The van der Waals surface area contributed by atoms with E-state index >= 15 is 0 Å². The van der Waals surface area contributed by atoms with E-state index < -0.39 is 0 Å². The monoisotopic (exact) mass is 674 g/mol. The fraction of sp³-hybridized carbons (Fsp3) is 0.176. The van der Waals surface area contributed by atoms with Gasteiger partial charge < -0.3 is 24.8 Å². The quantitative estimate of drug-likeness (QED) is 0.226. The van der Waals surface area contributed by atoms with Crippen LogP contribution in [0, 0.1) is 12.2 Å². The molecule has 0 amide bonds. The average molecular weight is 675 g/mol. The number of hydrogen-bond acceptors (Lipinski definition) is 0. The van der Waals surface area contributed by atoms with Crippen molar-refractivity contribution < 1.29 is 46.4 Å². The Balaban J connectivity index is 0.000000224. The molecule has 0 heterocycles. The second kappa shape index (κ2) is 15.8. The topological polar surface area (TPSA) is 0 Å². The summed E-state index contributed by atoms with van der Waals surface area (Å²) in [5, 5.41) is 5.28. The van der Waals surface area contributed by atoms with Crippen molar-refractivity contribution in [2.75, 3.05) is 0 Å². The molecule has 38 heavy (non-hydrogen) atoms. The van der Waals surface area contributed by atoms with Crippen LogP contribution in [0.5, 0.6) is 0 Å². The molecule has 0 bridgehead atoms. The molecule has 0 fully saturated rings. The van der Waals surface area contributed by atoms with E-state index in [1.54, 1.807) is 21.6 Å². The molecule has 4 heteroatoms. The standard InChI is InChI=1S/2C16H13.C2H6Ge.2ClH.Zr/c2*1-12-6-4-10-14(12)16-11-5-8-13-7-2-3-9-15(13)16;1-3-2;;;/h2*2-3,5,7-11H,4H2,1H3;1-2H3;2*1H;/q2*-1;;;;+2/p-2. The van der Waals surface area contributed by atoms with Crippen LogP contribution in [-0.4, -0.2) is 9.98 Å². The van der Waals surface area contributed by atoms with Gasteiger partial charge in [-0.1, -0.05) is 110 Å². The Morgan fingerprint density at radius 2 is 0.921 bits per heavy atom. The average Bonchev–Trinajstić information content (AvgIpc) is 3.51. The summed E-state index contributed by atoms with van der Waals surface area (Å²) < 4.78 is 0. The summed E-state index contributed by atoms with van der Waals surface area (Å²) in [6, 6.07) is 30.1. The second-order valence-electron chi connectivity index (χ2n) is 9.30. The van der Waals surface area contributed by atoms with Crippen molar-refractivity contribution in [1.29, 1.82) is 0 Å². The molecule has 0 spiro atoms. The number of allylic oxidation sites excluding steroid dienone is 8. The number of halogens is 2. The molecule has 0 atom stereocenters. The second-order valence-corrected chi connectivity index (χ2v) is 26.3. The Bertz CT molecular complexity index is 1420. The van der Waals surface area contributed by atoms with Gasteiger partial charge in [-0.2, -0.15) is 23.3 Å². The van der Waals surface area contributed by atoms with Crippen LogP contribution >= 0.6 is 0 Å². The van der Waals surface area contributed by atoms with Gasteiger partial charge in [0.1, 0.15) is 0 Å². The molecule has 4 aromatic rings. The maximum atomic E-state index is 3.36. The smallest absolute Gasteiger partial charge is 1.00 e. The summed E-state index contributed by atoms with van der Waals surface area (Å²) >= 11 is 1.80. The van der Waals surface area contributed by atoms with Gasteiger partial charge in [0.05, 0.1) is 0 Å². The first-order valence-corrected chi connectivity index (χ1v) is 24.1. The third-order valence-corrected chi connectivity index (χ3v) is 6.31. The first kappa shape index (κ1) is 32.6. The molecule has 0 aliphatic heterocycles. The molecule has 0 N–H and O–H groups in total. The third kappa shape index (κ3) is 8.19. The van der Waals surface area contributed by atoms with Crippen LogP contribution in [0.25, 0.3) is 32.7 Å². The van der Waals surface area contributed by atoms with E-state index in [0.717, 1.165) is 12.8 Å². The molecule has 4 aromatic carbocycles. The Hall–Kier alpha value is -1.63. The summed E-state index contributed by atoms with van der Waals surface area (Å²) in [6.07, 6.45) is 13.1. The Kier molecular flexibility index (Phi) is 13.6. The van der Waals surface area contributed by atoms with Crippen molar-refractivity contribution in [2.24, 2.45) is 0 Å². The molecule has 2 aliphatic carbocycles. The molecule has 0 saturated heterocycles. The molecule has 2 aliphatic rings. The van der Waals surface area contributed by atoms with Crippen molar-refractivity contribution in [3.63, 3.8) is 0 Å². The Labute approximate surface area is 256 Å². The summed E-state index contributed by atoms with van der Waals surface area (Å²) in [5.74, 6) is 4.75. The minimum absolute atomic E-state index is 0. The zero-order valence-corrected chi connectivity index (χ0v) is 28.5. The summed E-state index contributed by atoms with van der Waals surface area (Å²) in [6.45, 7) is 4.28. The van der Waals surface area contributed by atoms with E-state index in [4.69, 9.17) is 0 Å². The first-order chi connectivity index (χ1) is 17.5. The van der Waals surface area contributed by atoms with Crippen LogP contribution in [0.1, 0.15) is 37.8 Å². The van der Waals surface area contributed by atoms with Crippen LogP contribution in [0.15, 0.2) is 108 Å². The zero-order chi connectivity index (χ0) is 25.5. The molecular weight excluding hydrogens is 643 g/mol. The molecule has 192 valence electrons. The normalized spacial score (nSPS) is 13.4. The Morgan fingerprint density at radius 3 is 1.26 bits per heavy atom. The molecule has 0 nitrogen and oxygen atoms in total. The predicted molar refractivity (Wildman–Crippen MR) is 155 cm³/mol. The molecule has 6 rings (SSSR count). The molecule has 0 aromatic heterocycles. The predicted octanol–water partition coefficient (Wildman–Crippen LogP) is 3.55. The maximum Gasteiger partial charge on any atom is -1.00 e. The molecule has 0 unspecified atom stereocenters. The minimum Gasteiger partial charge on any atom is -1.00 e. The van der Waals surface area contributed by atoms with Crippen molar-refractivity contribution in [3.05, 3.63) is 132 Å². The third-order valence-electron chi connectivity index (χ3n) is 6.31. The van der Waals surface area contributed by atoms with Crippen molar-refractivity contribution in [1.82, 2.24) is 0 Å². The van der Waals surface area contributed by atoms with Crippen molar-refractivity contribution in [3.8, 4) is 0 Å². The van der Waals surface area contributed by atoms with Gasteiger partial charge >= 0.3 is 43.1 Å². The van der Waals surface area contributed by atoms with Gasteiger partial charge in [0.2, 0.25) is 0 Å². The summed E-state index contributed by atoms with van der Waals surface area (Å²) in [4.78, 5) is 0. The van der Waals surface area contributed by atoms with Crippen molar-refractivity contribution in [2.45, 2.75) is 38.2 Å². The number of rotatable bonds is 2. The van der Waals surface area contributed by atoms with Gasteiger partial charge in [-0.25, -0.2) is 11.1 Å². The van der Waals surface area contributed by atoms with Crippen LogP contribution in [0.4, 0.5) is 0 Å². The van der Waals surface area contributed by atoms with Crippen LogP contribution in [0.3, 0.4) is 0 Å². The molecular formula is C34H32Cl2GeZr-2. The van der Waals surface area contributed by atoms with Crippen molar-refractivity contribution >= 4 is 42.7 Å². The molecule has 0 radical (unpaired) electrons. The number of hydrogen-bond donors (Lipinski definition) is 0. The van der Waals surface area contributed by atoms with Crippen LogP contribution in [-0.2, 0) is 21.6 Å². The van der Waals surface area contributed by atoms with Gasteiger partial charge in [0, 0.05) is 0 Å². The van der Waals surface area contributed by atoms with Gasteiger partial charge in [-0.3, -0.25) is 12.2 Å². The van der Waals surface area contributed by atoms with E-state index in [0.29, 0.717) is 0 Å². The van der Waals surface area contributed by atoms with Gasteiger partial charge in [0.15, 0.2) is 0 Å². The zero-order valence-electron chi connectivity index (χ0n) is 22.4. The van der Waals surface area contributed by atoms with Gasteiger partial charge in [0.25, 0.3) is 0 Å².